The van der Waals surface area contributed by atoms with Gasteiger partial charge in [0.15, 0.2) is 0 Å². The van der Waals surface area contributed by atoms with E-state index in [-0.39, 0.29) is 11.7 Å². The van der Waals surface area contributed by atoms with Gasteiger partial charge in [0.2, 0.25) is 0 Å². The number of Topliss-reactive ketones (excluding diaryl/α,β-unsaturated/α-hetero) is 1. The first kappa shape index (κ1) is 14.8. The maximum absolute atomic E-state index is 12.4. The second-order valence-corrected chi connectivity index (χ2v) is 6.73. The van der Waals surface area contributed by atoms with Crippen molar-refractivity contribution < 1.29 is 4.79 Å². The van der Waals surface area contributed by atoms with Gasteiger partial charge in [0, 0.05) is 22.7 Å². The lowest BCUT2D eigenvalue weighted by molar-refractivity contribution is -0.117. The molecule has 0 bridgehead atoms. The van der Waals surface area contributed by atoms with Crippen LogP contribution in [-0.4, -0.2) is 15.8 Å². The lowest BCUT2D eigenvalue weighted by Crippen LogP contribution is -2.11. The van der Waals surface area contributed by atoms with Gasteiger partial charge in [0.1, 0.15) is 11.4 Å². The number of ketones is 1. The SMILES string of the molecule is CC(=O)C(c1ccc(-c2cccs2)cc1)c1ccnc2[nH]ccc12. The van der Waals surface area contributed by atoms with Crippen LogP contribution in [0, 0.1) is 0 Å². The Morgan fingerprint density at radius 1 is 1.12 bits per heavy atom. The number of aromatic amines is 1. The summed E-state index contributed by atoms with van der Waals surface area (Å²) in [5.41, 5.74) is 4.00. The quantitative estimate of drug-likeness (QED) is 0.571. The maximum Gasteiger partial charge on any atom is 0.141 e. The average Bonchev–Trinajstić information content (AvgIpc) is 3.27. The Bertz CT molecular complexity index is 984. The van der Waals surface area contributed by atoms with Gasteiger partial charge < -0.3 is 4.98 Å². The number of carbonyl (C=O) groups is 1. The molecule has 1 aromatic carbocycles. The highest BCUT2D eigenvalue weighted by Gasteiger charge is 2.22. The van der Waals surface area contributed by atoms with Crippen molar-refractivity contribution >= 4 is 28.2 Å². The Morgan fingerprint density at radius 2 is 1.96 bits per heavy atom. The van der Waals surface area contributed by atoms with Crippen molar-refractivity contribution in [3.05, 3.63) is 77.4 Å². The van der Waals surface area contributed by atoms with Crippen LogP contribution in [-0.2, 0) is 4.79 Å². The first-order chi connectivity index (χ1) is 11.7. The van der Waals surface area contributed by atoms with E-state index >= 15 is 0 Å². The lowest BCUT2D eigenvalue weighted by Gasteiger charge is -2.16. The van der Waals surface area contributed by atoms with Gasteiger partial charge in [-0.1, -0.05) is 30.3 Å². The molecule has 118 valence electrons. The number of nitrogens with zero attached hydrogens (tertiary/aromatic N) is 1. The standard InChI is InChI=1S/C20H16N2OS/c1-13(23)19(16-8-10-21-20-17(16)9-11-22-20)15-6-4-14(5-7-15)18-3-2-12-24-18/h2-12,19H,1H3,(H,21,22). The Hall–Kier alpha value is -2.72. The summed E-state index contributed by atoms with van der Waals surface area (Å²) in [5.74, 6) is -0.142. The van der Waals surface area contributed by atoms with Crippen LogP contribution in [0.5, 0.6) is 0 Å². The summed E-state index contributed by atoms with van der Waals surface area (Å²) in [6.07, 6.45) is 3.61. The molecule has 3 aromatic heterocycles. The monoisotopic (exact) mass is 332 g/mol. The zero-order valence-electron chi connectivity index (χ0n) is 13.2. The number of hydrogen-bond acceptors (Lipinski definition) is 3. The molecule has 1 N–H and O–H groups in total. The highest BCUT2D eigenvalue weighted by Crippen LogP contribution is 2.32. The van der Waals surface area contributed by atoms with E-state index in [2.05, 4.69) is 45.7 Å². The van der Waals surface area contributed by atoms with Gasteiger partial charge in [-0.2, -0.15) is 0 Å². The Morgan fingerprint density at radius 3 is 2.67 bits per heavy atom. The minimum atomic E-state index is -0.274. The van der Waals surface area contributed by atoms with Crippen LogP contribution in [0.1, 0.15) is 24.0 Å². The average molecular weight is 332 g/mol. The third-order valence-corrected chi connectivity index (χ3v) is 5.18. The maximum atomic E-state index is 12.4. The van der Waals surface area contributed by atoms with Crippen molar-refractivity contribution in [1.82, 2.24) is 9.97 Å². The number of nitrogens with one attached hydrogen (secondary N) is 1. The molecule has 0 saturated heterocycles. The third-order valence-electron chi connectivity index (χ3n) is 4.26. The molecular formula is C20H16N2OS. The predicted octanol–water partition coefficient (Wildman–Crippen LogP) is 5.01. The molecule has 3 heterocycles. The highest BCUT2D eigenvalue weighted by molar-refractivity contribution is 7.13. The van der Waals surface area contributed by atoms with Gasteiger partial charge in [-0.25, -0.2) is 4.98 Å². The summed E-state index contributed by atoms with van der Waals surface area (Å²) >= 11 is 1.72. The molecule has 24 heavy (non-hydrogen) atoms. The number of benzene rings is 1. The molecule has 1 unspecified atom stereocenters. The van der Waals surface area contributed by atoms with Crippen molar-refractivity contribution in [2.75, 3.05) is 0 Å². The molecule has 1 atom stereocenters. The number of rotatable bonds is 4. The zero-order chi connectivity index (χ0) is 16.5. The summed E-state index contributed by atoms with van der Waals surface area (Å²) in [7, 11) is 0. The normalized spacial score (nSPS) is 12.4. The molecule has 3 nitrogen and oxygen atoms in total. The van der Waals surface area contributed by atoms with Crippen LogP contribution < -0.4 is 0 Å². The minimum absolute atomic E-state index is 0.132. The molecule has 0 radical (unpaired) electrons. The smallest absolute Gasteiger partial charge is 0.141 e. The Labute approximate surface area is 144 Å². The number of aromatic nitrogens is 2. The number of pyridine rings is 1. The molecule has 0 spiro atoms. The topological polar surface area (TPSA) is 45.8 Å². The van der Waals surface area contributed by atoms with E-state index in [4.69, 9.17) is 0 Å². The largest absolute Gasteiger partial charge is 0.346 e. The van der Waals surface area contributed by atoms with E-state index in [0.717, 1.165) is 22.2 Å². The van der Waals surface area contributed by atoms with Crippen LogP contribution in [0.15, 0.2) is 66.3 Å². The molecule has 4 aromatic rings. The number of hydrogen-bond donors (Lipinski definition) is 1. The van der Waals surface area contributed by atoms with Crippen molar-refractivity contribution in [3.63, 3.8) is 0 Å². The molecule has 4 heteroatoms. The van der Waals surface area contributed by atoms with Crippen molar-refractivity contribution in [3.8, 4) is 10.4 Å². The summed E-state index contributed by atoms with van der Waals surface area (Å²) in [6.45, 7) is 1.65. The van der Waals surface area contributed by atoms with Crippen LogP contribution in [0.4, 0.5) is 0 Å². The second-order valence-electron chi connectivity index (χ2n) is 5.78. The summed E-state index contributed by atoms with van der Waals surface area (Å²) < 4.78 is 0. The fourth-order valence-corrected chi connectivity index (χ4v) is 3.88. The third kappa shape index (κ3) is 2.55. The first-order valence-electron chi connectivity index (χ1n) is 7.80. The fraction of sp³-hybridized carbons (Fsp3) is 0.100. The van der Waals surface area contributed by atoms with E-state index in [1.807, 2.05) is 24.4 Å². The molecule has 0 aliphatic heterocycles. The molecule has 0 fully saturated rings. The Balaban J connectivity index is 1.79. The number of thiophene rings is 1. The minimum Gasteiger partial charge on any atom is -0.346 e. The summed E-state index contributed by atoms with van der Waals surface area (Å²) in [5, 5.41) is 3.07. The first-order valence-corrected chi connectivity index (χ1v) is 8.68. The fourth-order valence-electron chi connectivity index (χ4n) is 3.15. The van der Waals surface area contributed by atoms with Crippen molar-refractivity contribution in [2.45, 2.75) is 12.8 Å². The van der Waals surface area contributed by atoms with Gasteiger partial charge in [0.25, 0.3) is 0 Å². The number of carbonyl (C=O) groups excluding carboxylic acids is 1. The molecule has 0 amide bonds. The van der Waals surface area contributed by atoms with Crippen LogP contribution in [0.2, 0.25) is 0 Å². The molecule has 0 aliphatic carbocycles. The second kappa shape index (κ2) is 6.06. The van der Waals surface area contributed by atoms with Crippen molar-refractivity contribution in [1.29, 1.82) is 0 Å². The molecular weight excluding hydrogens is 316 g/mol. The van der Waals surface area contributed by atoms with Gasteiger partial charge in [-0.15, -0.1) is 11.3 Å². The van der Waals surface area contributed by atoms with Gasteiger partial charge in [0.05, 0.1) is 5.92 Å². The summed E-state index contributed by atoms with van der Waals surface area (Å²) in [4.78, 5) is 21.1. The van der Waals surface area contributed by atoms with Crippen LogP contribution in [0.25, 0.3) is 21.5 Å². The van der Waals surface area contributed by atoms with Crippen molar-refractivity contribution in [2.24, 2.45) is 0 Å². The number of fused-ring (bicyclic) bond motifs is 1. The zero-order valence-corrected chi connectivity index (χ0v) is 14.0. The van der Waals surface area contributed by atoms with Gasteiger partial charge >= 0.3 is 0 Å². The summed E-state index contributed by atoms with van der Waals surface area (Å²) in [6, 6.07) is 16.4. The van der Waals surface area contributed by atoms with Gasteiger partial charge in [-0.3, -0.25) is 4.79 Å². The van der Waals surface area contributed by atoms with E-state index in [1.54, 1.807) is 24.5 Å². The number of H-pyrrole nitrogens is 1. The molecule has 0 aliphatic rings. The molecule has 4 rings (SSSR count). The van der Waals surface area contributed by atoms with Gasteiger partial charge in [-0.05, 0) is 47.2 Å². The van der Waals surface area contributed by atoms with E-state index in [1.165, 1.54) is 10.4 Å². The van der Waals surface area contributed by atoms with Crippen LogP contribution >= 0.6 is 11.3 Å². The lowest BCUT2D eigenvalue weighted by atomic mass is 9.87. The van der Waals surface area contributed by atoms with E-state index < -0.39 is 0 Å². The Kier molecular flexibility index (Phi) is 3.75. The van der Waals surface area contributed by atoms with Crippen LogP contribution in [0.3, 0.4) is 0 Å². The predicted molar refractivity (Wildman–Crippen MR) is 98.4 cm³/mol. The highest BCUT2D eigenvalue weighted by atomic mass is 32.1. The van der Waals surface area contributed by atoms with E-state index in [0.29, 0.717) is 0 Å². The van der Waals surface area contributed by atoms with E-state index in [9.17, 15) is 4.79 Å². The molecule has 0 saturated carbocycles.